The van der Waals surface area contributed by atoms with E-state index in [1.54, 1.807) is 0 Å². The first-order chi connectivity index (χ1) is 9.95. The molecule has 21 heavy (non-hydrogen) atoms. The highest BCUT2D eigenvalue weighted by atomic mass is 35.5. The Morgan fingerprint density at radius 1 is 1.00 bits per heavy atom. The van der Waals surface area contributed by atoms with E-state index in [0.717, 1.165) is 12.1 Å². The minimum absolute atomic E-state index is 0.00901. The molecule has 1 atom stereocenters. The van der Waals surface area contributed by atoms with Crippen LogP contribution in [0.15, 0.2) is 30.3 Å². The van der Waals surface area contributed by atoms with Crippen molar-refractivity contribution in [1.82, 2.24) is 5.43 Å². The molecule has 0 heterocycles. The Labute approximate surface area is 123 Å². The lowest BCUT2D eigenvalue weighted by Crippen LogP contribution is -2.30. The summed E-state index contributed by atoms with van der Waals surface area (Å²) in [4.78, 5) is 0. The molecule has 0 saturated heterocycles. The molecule has 0 spiro atoms. The second-order valence-electron chi connectivity index (χ2n) is 4.40. The zero-order valence-electron chi connectivity index (χ0n) is 10.6. The number of rotatable bonds is 4. The Hall–Kier alpha value is -1.63. The van der Waals surface area contributed by atoms with Crippen molar-refractivity contribution in [2.75, 3.05) is 0 Å². The molecule has 0 fully saturated rings. The quantitative estimate of drug-likeness (QED) is 0.391. The number of halogens is 5. The second kappa shape index (κ2) is 6.43. The summed E-state index contributed by atoms with van der Waals surface area (Å²) in [5.41, 5.74) is 2.49. The van der Waals surface area contributed by atoms with E-state index >= 15 is 0 Å². The van der Waals surface area contributed by atoms with Gasteiger partial charge in [0.05, 0.1) is 11.1 Å². The van der Waals surface area contributed by atoms with E-state index in [0.29, 0.717) is 5.56 Å². The minimum Gasteiger partial charge on any atom is -0.271 e. The van der Waals surface area contributed by atoms with Crippen molar-refractivity contribution in [1.29, 1.82) is 0 Å². The van der Waals surface area contributed by atoms with Gasteiger partial charge in [-0.3, -0.25) is 11.3 Å². The van der Waals surface area contributed by atoms with Crippen molar-refractivity contribution in [2.24, 2.45) is 5.84 Å². The summed E-state index contributed by atoms with van der Waals surface area (Å²) in [6.45, 7) is 0. The standard InChI is InChI=1S/C14H11ClF4N2/c15-12-7(2-1-3-9(12)16)6-11(21-20)8-4-5-10(17)14(19)13(8)18/h1-5,11,21H,6,20H2. The van der Waals surface area contributed by atoms with Crippen LogP contribution in [0.3, 0.4) is 0 Å². The van der Waals surface area contributed by atoms with Crippen LogP contribution in [-0.4, -0.2) is 0 Å². The number of hydrogen-bond donors (Lipinski definition) is 2. The molecule has 0 aliphatic heterocycles. The van der Waals surface area contributed by atoms with Crippen LogP contribution in [0.1, 0.15) is 17.2 Å². The number of hydrazine groups is 1. The van der Waals surface area contributed by atoms with Crippen molar-refractivity contribution in [2.45, 2.75) is 12.5 Å². The van der Waals surface area contributed by atoms with Gasteiger partial charge in [0.1, 0.15) is 5.82 Å². The Balaban J connectivity index is 2.37. The molecule has 2 rings (SSSR count). The third-order valence-electron chi connectivity index (χ3n) is 3.10. The van der Waals surface area contributed by atoms with Gasteiger partial charge >= 0.3 is 0 Å². The molecule has 3 N–H and O–H groups in total. The van der Waals surface area contributed by atoms with E-state index in [4.69, 9.17) is 17.4 Å². The van der Waals surface area contributed by atoms with Crippen molar-refractivity contribution < 1.29 is 17.6 Å². The topological polar surface area (TPSA) is 38.0 Å². The van der Waals surface area contributed by atoms with Crippen LogP contribution in [0.25, 0.3) is 0 Å². The summed E-state index contributed by atoms with van der Waals surface area (Å²) < 4.78 is 53.3. The highest BCUT2D eigenvalue weighted by Gasteiger charge is 2.21. The molecule has 0 radical (unpaired) electrons. The Morgan fingerprint density at radius 2 is 1.71 bits per heavy atom. The Bertz CT molecular complexity index is 664. The summed E-state index contributed by atoms with van der Waals surface area (Å²) in [5, 5.41) is -0.124. The van der Waals surface area contributed by atoms with E-state index in [1.165, 1.54) is 18.2 Å². The third kappa shape index (κ3) is 3.18. The van der Waals surface area contributed by atoms with Crippen LogP contribution in [0, 0.1) is 23.3 Å². The predicted octanol–water partition coefficient (Wildman–Crippen LogP) is 3.64. The lowest BCUT2D eigenvalue weighted by atomic mass is 9.98. The molecule has 112 valence electrons. The molecular formula is C14H11ClF4N2. The van der Waals surface area contributed by atoms with Gasteiger partial charge in [-0.25, -0.2) is 17.6 Å². The van der Waals surface area contributed by atoms with Gasteiger partial charge in [0.2, 0.25) is 0 Å². The van der Waals surface area contributed by atoms with Crippen LogP contribution in [0.4, 0.5) is 17.6 Å². The molecular weight excluding hydrogens is 308 g/mol. The number of nitrogens with two attached hydrogens (primary N) is 1. The van der Waals surface area contributed by atoms with Crippen molar-refractivity contribution >= 4 is 11.6 Å². The first-order valence-electron chi connectivity index (χ1n) is 5.98. The summed E-state index contributed by atoms with van der Waals surface area (Å²) in [6, 6.07) is 5.13. The van der Waals surface area contributed by atoms with Gasteiger partial charge < -0.3 is 0 Å². The number of benzene rings is 2. The SMILES string of the molecule is NNC(Cc1cccc(F)c1Cl)c1ccc(F)c(F)c1F. The van der Waals surface area contributed by atoms with Crippen LogP contribution in [0.2, 0.25) is 5.02 Å². The first kappa shape index (κ1) is 15.8. The molecule has 0 aromatic heterocycles. The van der Waals surface area contributed by atoms with Gasteiger partial charge in [0.15, 0.2) is 17.5 Å². The fourth-order valence-corrected chi connectivity index (χ4v) is 2.20. The van der Waals surface area contributed by atoms with E-state index in [9.17, 15) is 17.6 Å². The maximum Gasteiger partial charge on any atom is 0.194 e. The van der Waals surface area contributed by atoms with Gasteiger partial charge in [-0.2, -0.15) is 0 Å². The molecule has 2 nitrogen and oxygen atoms in total. The number of hydrogen-bond acceptors (Lipinski definition) is 2. The molecule has 0 amide bonds. The van der Waals surface area contributed by atoms with Gasteiger partial charge in [-0.05, 0) is 24.1 Å². The van der Waals surface area contributed by atoms with Crippen LogP contribution in [0.5, 0.6) is 0 Å². The maximum atomic E-state index is 13.8. The highest BCUT2D eigenvalue weighted by Crippen LogP contribution is 2.27. The third-order valence-corrected chi connectivity index (χ3v) is 3.52. The monoisotopic (exact) mass is 318 g/mol. The molecule has 7 heteroatoms. The molecule has 0 aliphatic carbocycles. The predicted molar refractivity (Wildman–Crippen MR) is 71.5 cm³/mol. The van der Waals surface area contributed by atoms with Crippen LogP contribution < -0.4 is 11.3 Å². The first-order valence-corrected chi connectivity index (χ1v) is 6.36. The van der Waals surface area contributed by atoms with Crippen molar-refractivity contribution in [3.8, 4) is 0 Å². The molecule has 0 saturated carbocycles. The average Bonchev–Trinajstić information content (AvgIpc) is 2.47. The van der Waals surface area contributed by atoms with E-state index in [-0.39, 0.29) is 17.0 Å². The molecule has 2 aromatic rings. The Morgan fingerprint density at radius 3 is 2.38 bits per heavy atom. The summed E-state index contributed by atoms with van der Waals surface area (Å²) >= 11 is 5.81. The molecule has 1 unspecified atom stereocenters. The van der Waals surface area contributed by atoms with Gasteiger partial charge in [-0.1, -0.05) is 29.8 Å². The van der Waals surface area contributed by atoms with Crippen molar-refractivity contribution in [3.05, 3.63) is 69.8 Å². The normalized spacial score (nSPS) is 12.5. The summed E-state index contributed by atoms with van der Waals surface area (Å²) in [6.07, 6.45) is 0.00901. The molecule has 0 aliphatic rings. The van der Waals surface area contributed by atoms with E-state index < -0.39 is 29.3 Å². The van der Waals surface area contributed by atoms with Gasteiger partial charge in [0, 0.05) is 5.56 Å². The lowest BCUT2D eigenvalue weighted by molar-refractivity contribution is 0.424. The summed E-state index contributed by atoms with van der Waals surface area (Å²) in [5.74, 6) is 0.476. The van der Waals surface area contributed by atoms with Crippen LogP contribution >= 0.6 is 11.6 Å². The minimum atomic E-state index is -1.59. The zero-order chi connectivity index (χ0) is 15.6. The Kier molecular flexibility index (Phi) is 4.82. The lowest BCUT2D eigenvalue weighted by Gasteiger charge is -2.18. The van der Waals surface area contributed by atoms with Crippen molar-refractivity contribution in [3.63, 3.8) is 0 Å². The number of nitrogens with one attached hydrogen (secondary N) is 1. The van der Waals surface area contributed by atoms with E-state index in [2.05, 4.69) is 5.43 Å². The molecule has 2 aromatic carbocycles. The van der Waals surface area contributed by atoms with Gasteiger partial charge in [-0.15, -0.1) is 0 Å². The van der Waals surface area contributed by atoms with Gasteiger partial charge in [0.25, 0.3) is 0 Å². The zero-order valence-corrected chi connectivity index (χ0v) is 11.4. The van der Waals surface area contributed by atoms with Crippen LogP contribution in [-0.2, 0) is 6.42 Å². The average molecular weight is 319 g/mol. The van der Waals surface area contributed by atoms with E-state index in [1.807, 2.05) is 0 Å². The smallest absolute Gasteiger partial charge is 0.194 e. The second-order valence-corrected chi connectivity index (χ2v) is 4.78. The maximum absolute atomic E-state index is 13.8. The fourth-order valence-electron chi connectivity index (χ4n) is 1.99. The largest absolute Gasteiger partial charge is 0.271 e. The fraction of sp³-hybridized carbons (Fsp3) is 0.143. The highest BCUT2D eigenvalue weighted by molar-refractivity contribution is 6.31. The molecule has 0 bridgehead atoms. The summed E-state index contributed by atoms with van der Waals surface area (Å²) in [7, 11) is 0.